The number of rotatable bonds is 4. The van der Waals surface area contributed by atoms with E-state index in [9.17, 15) is 13.6 Å². The molecule has 1 aromatic heterocycles. The number of hydrogen-bond donors (Lipinski definition) is 2. The summed E-state index contributed by atoms with van der Waals surface area (Å²) in [7, 11) is 0. The standard InChI is InChI=1S/C18H22F2N6O.2ClH/c19-14-2-1-3-15(20)17(14)25-9-6-12(10-25)22-18(27)16-11-26(24-23-16)13-4-7-21-8-5-13;;/h1-3,11-13,21H,4-10H2,(H,22,27);2*1H. The number of nitrogens with zero attached hydrogens (tertiary/aromatic N) is 4. The molecule has 7 nitrogen and oxygen atoms in total. The van der Waals surface area contributed by atoms with Crippen LogP contribution in [-0.4, -0.2) is 53.1 Å². The molecule has 2 fully saturated rings. The Balaban J connectivity index is 0.00000150. The lowest BCUT2D eigenvalue weighted by atomic mass is 10.1. The lowest BCUT2D eigenvalue weighted by Gasteiger charge is -2.22. The molecule has 2 aliphatic heterocycles. The predicted octanol–water partition coefficient (Wildman–Crippen LogP) is 2.33. The summed E-state index contributed by atoms with van der Waals surface area (Å²) < 4.78 is 29.6. The van der Waals surface area contributed by atoms with Gasteiger partial charge in [-0.2, -0.15) is 0 Å². The number of aromatic nitrogens is 3. The average Bonchev–Trinajstić information content (AvgIpc) is 3.32. The second-order valence-electron chi connectivity index (χ2n) is 7.04. The lowest BCUT2D eigenvalue weighted by molar-refractivity contribution is 0.0935. The van der Waals surface area contributed by atoms with Gasteiger partial charge in [0, 0.05) is 19.1 Å². The minimum Gasteiger partial charge on any atom is -0.365 e. The number of piperidine rings is 1. The second-order valence-corrected chi connectivity index (χ2v) is 7.04. The Morgan fingerprint density at radius 3 is 2.52 bits per heavy atom. The van der Waals surface area contributed by atoms with Crippen molar-refractivity contribution >= 4 is 36.4 Å². The summed E-state index contributed by atoms with van der Waals surface area (Å²) >= 11 is 0. The molecule has 2 aromatic rings. The van der Waals surface area contributed by atoms with E-state index < -0.39 is 11.6 Å². The van der Waals surface area contributed by atoms with Crippen molar-refractivity contribution in [1.82, 2.24) is 25.6 Å². The topological polar surface area (TPSA) is 75.1 Å². The Kier molecular flexibility index (Phi) is 8.18. The van der Waals surface area contributed by atoms with Crippen LogP contribution in [0.15, 0.2) is 24.4 Å². The van der Waals surface area contributed by atoms with Gasteiger partial charge in [0.1, 0.15) is 17.3 Å². The van der Waals surface area contributed by atoms with Gasteiger partial charge in [-0.3, -0.25) is 4.79 Å². The number of carbonyl (C=O) groups is 1. The smallest absolute Gasteiger partial charge is 0.273 e. The van der Waals surface area contributed by atoms with Crippen LogP contribution in [-0.2, 0) is 0 Å². The Bertz CT molecular complexity index is 810. The van der Waals surface area contributed by atoms with Gasteiger partial charge in [0.15, 0.2) is 5.69 Å². The van der Waals surface area contributed by atoms with Crippen molar-refractivity contribution in [3.05, 3.63) is 41.7 Å². The molecule has 160 valence electrons. The van der Waals surface area contributed by atoms with E-state index >= 15 is 0 Å². The van der Waals surface area contributed by atoms with Crippen molar-refractivity contribution in [2.24, 2.45) is 0 Å². The van der Waals surface area contributed by atoms with Gasteiger partial charge in [0.2, 0.25) is 0 Å². The minimum absolute atomic E-state index is 0. The zero-order chi connectivity index (χ0) is 18.8. The maximum absolute atomic E-state index is 13.9. The highest BCUT2D eigenvalue weighted by Crippen LogP contribution is 2.26. The van der Waals surface area contributed by atoms with Crippen LogP contribution < -0.4 is 15.5 Å². The van der Waals surface area contributed by atoms with Crippen LogP contribution in [0.4, 0.5) is 14.5 Å². The largest absolute Gasteiger partial charge is 0.365 e. The maximum Gasteiger partial charge on any atom is 0.273 e. The normalized spacial score (nSPS) is 19.4. The molecule has 11 heteroatoms. The molecule has 4 rings (SSSR count). The van der Waals surface area contributed by atoms with Crippen molar-refractivity contribution in [2.45, 2.75) is 31.3 Å². The maximum atomic E-state index is 13.9. The summed E-state index contributed by atoms with van der Waals surface area (Å²) in [5.74, 6) is -1.49. The molecule has 2 N–H and O–H groups in total. The Morgan fingerprint density at radius 2 is 1.83 bits per heavy atom. The summed E-state index contributed by atoms with van der Waals surface area (Å²) in [5.41, 5.74) is 0.232. The number of benzene rings is 1. The molecule has 3 heterocycles. The third-order valence-electron chi connectivity index (χ3n) is 5.20. The van der Waals surface area contributed by atoms with Crippen LogP contribution in [0.2, 0.25) is 0 Å². The van der Waals surface area contributed by atoms with Crippen molar-refractivity contribution in [3.63, 3.8) is 0 Å². The molecule has 0 saturated carbocycles. The van der Waals surface area contributed by atoms with Crippen molar-refractivity contribution < 1.29 is 13.6 Å². The van der Waals surface area contributed by atoms with Gasteiger partial charge in [-0.1, -0.05) is 11.3 Å². The number of para-hydroxylation sites is 1. The Labute approximate surface area is 180 Å². The van der Waals surface area contributed by atoms with E-state index in [1.54, 1.807) is 15.8 Å². The molecule has 0 bridgehead atoms. The first-order chi connectivity index (χ1) is 13.1. The third-order valence-corrected chi connectivity index (χ3v) is 5.20. The van der Waals surface area contributed by atoms with Crippen molar-refractivity contribution in [2.75, 3.05) is 31.1 Å². The quantitative estimate of drug-likeness (QED) is 0.750. The van der Waals surface area contributed by atoms with Crippen molar-refractivity contribution in [1.29, 1.82) is 0 Å². The first-order valence-electron chi connectivity index (χ1n) is 9.24. The van der Waals surface area contributed by atoms with Crippen LogP contribution >= 0.6 is 24.8 Å². The van der Waals surface area contributed by atoms with Gasteiger partial charge in [-0.05, 0) is 44.5 Å². The van der Waals surface area contributed by atoms with E-state index in [1.807, 2.05) is 0 Å². The predicted molar refractivity (Wildman–Crippen MR) is 110 cm³/mol. The zero-order valence-corrected chi connectivity index (χ0v) is 17.3. The lowest BCUT2D eigenvalue weighted by Crippen LogP contribution is -2.37. The molecular formula is C18H24Cl2F2N6O. The molecule has 1 unspecified atom stereocenters. The molecule has 1 amide bonds. The van der Waals surface area contributed by atoms with Gasteiger partial charge in [-0.15, -0.1) is 29.9 Å². The second kappa shape index (κ2) is 10.2. The van der Waals surface area contributed by atoms with E-state index in [0.29, 0.717) is 19.5 Å². The number of carbonyl (C=O) groups excluding carboxylic acids is 1. The van der Waals surface area contributed by atoms with Gasteiger partial charge < -0.3 is 15.5 Å². The molecule has 0 aliphatic carbocycles. The summed E-state index contributed by atoms with van der Waals surface area (Å²) in [5, 5.41) is 14.3. The SMILES string of the molecule is Cl.Cl.O=C(NC1CCN(c2c(F)cccc2F)C1)c1cn(C2CCNCC2)nn1. The number of amides is 1. The summed E-state index contributed by atoms with van der Waals surface area (Å²) in [6.07, 6.45) is 4.20. The molecule has 29 heavy (non-hydrogen) atoms. The summed E-state index contributed by atoms with van der Waals surface area (Å²) in [6.45, 7) is 2.68. The van der Waals surface area contributed by atoms with E-state index in [2.05, 4.69) is 20.9 Å². The molecule has 0 spiro atoms. The number of halogens is 4. The molecule has 1 atom stereocenters. The average molecular weight is 449 g/mol. The number of hydrogen-bond acceptors (Lipinski definition) is 5. The highest BCUT2D eigenvalue weighted by atomic mass is 35.5. The van der Waals surface area contributed by atoms with Gasteiger partial charge in [0.25, 0.3) is 5.91 Å². The zero-order valence-electron chi connectivity index (χ0n) is 15.7. The van der Waals surface area contributed by atoms with Crippen LogP contribution in [0.5, 0.6) is 0 Å². The fourth-order valence-electron chi connectivity index (χ4n) is 3.76. The number of nitrogens with one attached hydrogen (secondary N) is 2. The Morgan fingerprint density at radius 1 is 1.14 bits per heavy atom. The third kappa shape index (κ3) is 5.15. The first kappa shape index (κ1) is 23.3. The van der Waals surface area contributed by atoms with Gasteiger partial charge in [-0.25, -0.2) is 13.5 Å². The number of anilines is 1. The van der Waals surface area contributed by atoms with E-state index in [1.165, 1.54) is 18.2 Å². The van der Waals surface area contributed by atoms with E-state index in [0.717, 1.165) is 25.9 Å². The van der Waals surface area contributed by atoms with Crippen LogP contribution in [0.3, 0.4) is 0 Å². The highest BCUT2D eigenvalue weighted by Gasteiger charge is 2.28. The molecular weight excluding hydrogens is 425 g/mol. The van der Waals surface area contributed by atoms with Crippen LogP contribution in [0.1, 0.15) is 35.8 Å². The molecule has 2 aliphatic rings. The fourth-order valence-corrected chi connectivity index (χ4v) is 3.76. The first-order valence-corrected chi connectivity index (χ1v) is 9.24. The molecule has 0 radical (unpaired) electrons. The summed E-state index contributed by atoms with van der Waals surface area (Å²) in [6, 6.07) is 3.88. The monoisotopic (exact) mass is 448 g/mol. The molecule has 1 aromatic carbocycles. The fraction of sp³-hybridized carbons (Fsp3) is 0.500. The minimum atomic E-state index is -0.591. The van der Waals surface area contributed by atoms with E-state index in [4.69, 9.17) is 0 Å². The van der Waals surface area contributed by atoms with Gasteiger partial charge >= 0.3 is 0 Å². The van der Waals surface area contributed by atoms with Gasteiger partial charge in [0.05, 0.1) is 12.2 Å². The molecule has 2 saturated heterocycles. The van der Waals surface area contributed by atoms with Crippen molar-refractivity contribution in [3.8, 4) is 0 Å². The highest BCUT2D eigenvalue weighted by molar-refractivity contribution is 5.92. The Hall–Kier alpha value is -1.97. The summed E-state index contributed by atoms with van der Waals surface area (Å²) in [4.78, 5) is 14.1. The van der Waals surface area contributed by atoms with E-state index in [-0.39, 0.29) is 54.2 Å². The van der Waals surface area contributed by atoms with Crippen LogP contribution in [0.25, 0.3) is 0 Å². The van der Waals surface area contributed by atoms with Crippen LogP contribution in [0, 0.1) is 11.6 Å².